The van der Waals surface area contributed by atoms with Gasteiger partial charge in [0.2, 0.25) is 0 Å². The van der Waals surface area contributed by atoms with E-state index in [0.717, 1.165) is 5.56 Å². The number of rotatable bonds is 9. The second kappa shape index (κ2) is 11.2. The summed E-state index contributed by atoms with van der Waals surface area (Å²) in [6.45, 7) is 1.25. The summed E-state index contributed by atoms with van der Waals surface area (Å²) in [5, 5.41) is 2.44. The van der Waals surface area contributed by atoms with Crippen LogP contribution in [0.3, 0.4) is 0 Å². The van der Waals surface area contributed by atoms with Crippen LogP contribution in [-0.4, -0.2) is 43.6 Å². The van der Waals surface area contributed by atoms with Gasteiger partial charge in [0.05, 0.1) is 12.2 Å². The zero-order valence-electron chi connectivity index (χ0n) is 16.5. The molecule has 0 aliphatic rings. The van der Waals surface area contributed by atoms with Crippen molar-refractivity contribution in [2.45, 2.75) is 13.5 Å². The Balaban J connectivity index is 1.99. The molecule has 30 heavy (non-hydrogen) atoms. The van der Waals surface area contributed by atoms with Gasteiger partial charge < -0.3 is 20.5 Å². The fourth-order valence-corrected chi connectivity index (χ4v) is 2.50. The molecule has 0 radical (unpaired) electrons. The second-order valence-corrected chi connectivity index (χ2v) is 6.11. The Morgan fingerprint density at radius 1 is 0.967 bits per heavy atom. The van der Waals surface area contributed by atoms with E-state index in [-0.39, 0.29) is 25.3 Å². The lowest BCUT2D eigenvalue weighted by molar-refractivity contribution is -0.142. The average Bonchev–Trinajstić information content (AvgIpc) is 2.75. The van der Waals surface area contributed by atoms with Crippen molar-refractivity contribution in [2.24, 2.45) is 5.73 Å². The number of benzene rings is 2. The van der Waals surface area contributed by atoms with Crippen molar-refractivity contribution in [3.63, 3.8) is 0 Å². The Morgan fingerprint density at radius 2 is 1.63 bits per heavy atom. The molecule has 158 valence electrons. The van der Waals surface area contributed by atoms with Crippen molar-refractivity contribution in [3.8, 4) is 0 Å². The quantitative estimate of drug-likeness (QED) is 0.601. The molecule has 0 aromatic heterocycles. The molecule has 0 spiro atoms. The summed E-state index contributed by atoms with van der Waals surface area (Å²) in [6.07, 6.45) is 0. The van der Waals surface area contributed by atoms with E-state index in [1.165, 1.54) is 17.0 Å². The van der Waals surface area contributed by atoms with Crippen LogP contribution >= 0.6 is 0 Å². The van der Waals surface area contributed by atoms with Crippen molar-refractivity contribution in [2.75, 3.05) is 24.7 Å². The molecule has 9 heteroatoms. The van der Waals surface area contributed by atoms with Crippen LogP contribution in [0.1, 0.15) is 22.8 Å². The minimum atomic E-state index is -0.693. The number of nitrogens with zero attached hydrogens (tertiary/aromatic N) is 1. The highest BCUT2D eigenvalue weighted by molar-refractivity contribution is 6.00. The van der Waals surface area contributed by atoms with Gasteiger partial charge in [0.25, 0.3) is 5.91 Å². The molecule has 2 aromatic rings. The third kappa shape index (κ3) is 6.93. The summed E-state index contributed by atoms with van der Waals surface area (Å²) in [5.74, 6) is -1.83. The van der Waals surface area contributed by atoms with Gasteiger partial charge >= 0.3 is 18.0 Å². The first kappa shape index (κ1) is 22.4. The van der Waals surface area contributed by atoms with E-state index >= 15 is 0 Å². The molecule has 9 nitrogen and oxygen atoms in total. The Bertz CT molecular complexity index is 883. The Labute approximate surface area is 173 Å². The number of carbonyl (C=O) groups is 4. The van der Waals surface area contributed by atoms with Gasteiger partial charge in [0.15, 0.2) is 6.61 Å². The van der Waals surface area contributed by atoms with Crippen LogP contribution < -0.4 is 16.0 Å². The molecule has 0 fully saturated rings. The predicted octanol–water partition coefficient (Wildman–Crippen LogP) is 1.61. The van der Waals surface area contributed by atoms with Gasteiger partial charge in [-0.3, -0.25) is 14.5 Å². The summed E-state index contributed by atoms with van der Waals surface area (Å²) in [4.78, 5) is 48.6. The molecule has 0 saturated carbocycles. The largest absolute Gasteiger partial charge is 0.465 e. The highest BCUT2D eigenvalue weighted by Crippen LogP contribution is 2.14. The van der Waals surface area contributed by atoms with Gasteiger partial charge in [-0.25, -0.2) is 9.59 Å². The molecule has 3 amide bonds. The fourth-order valence-electron chi connectivity index (χ4n) is 2.50. The second-order valence-electron chi connectivity index (χ2n) is 6.11. The topological polar surface area (TPSA) is 128 Å². The first-order valence-corrected chi connectivity index (χ1v) is 9.21. The zero-order chi connectivity index (χ0) is 21.9. The van der Waals surface area contributed by atoms with Crippen molar-refractivity contribution < 1.29 is 28.7 Å². The van der Waals surface area contributed by atoms with E-state index < -0.39 is 30.5 Å². The minimum absolute atomic E-state index is 0.190. The van der Waals surface area contributed by atoms with Gasteiger partial charge in [-0.1, -0.05) is 30.3 Å². The van der Waals surface area contributed by atoms with Crippen LogP contribution in [0.4, 0.5) is 10.5 Å². The van der Waals surface area contributed by atoms with E-state index in [0.29, 0.717) is 5.69 Å². The van der Waals surface area contributed by atoms with Crippen molar-refractivity contribution >= 4 is 29.6 Å². The van der Waals surface area contributed by atoms with E-state index in [4.69, 9.17) is 15.2 Å². The minimum Gasteiger partial charge on any atom is -0.465 e. The van der Waals surface area contributed by atoms with Crippen molar-refractivity contribution in [1.82, 2.24) is 5.32 Å². The number of amides is 3. The highest BCUT2D eigenvalue weighted by Gasteiger charge is 2.21. The molecule has 0 aliphatic carbocycles. The summed E-state index contributed by atoms with van der Waals surface area (Å²) in [5.41, 5.74) is 6.47. The summed E-state index contributed by atoms with van der Waals surface area (Å²) < 4.78 is 10.0. The summed E-state index contributed by atoms with van der Waals surface area (Å²) in [7, 11) is 0. The lowest BCUT2D eigenvalue weighted by Gasteiger charge is -2.21. The average molecular weight is 413 g/mol. The van der Waals surface area contributed by atoms with Crippen molar-refractivity contribution in [3.05, 3.63) is 65.7 Å². The maximum absolute atomic E-state index is 12.6. The highest BCUT2D eigenvalue weighted by atomic mass is 16.5. The molecule has 0 heterocycles. The molecule has 3 N–H and O–H groups in total. The third-order valence-corrected chi connectivity index (χ3v) is 3.94. The van der Waals surface area contributed by atoms with Gasteiger partial charge in [0, 0.05) is 12.2 Å². The first-order chi connectivity index (χ1) is 14.4. The number of para-hydroxylation sites is 1. The van der Waals surface area contributed by atoms with Crippen LogP contribution in [-0.2, 0) is 25.6 Å². The molecule has 0 saturated heterocycles. The Kier molecular flexibility index (Phi) is 8.37. The zero-order valence-corrected chi connectivity index (χ0v) is 16.5. The van der Waals surface area contributed by atoms with Gasteiger partial charge in [0.1, 0.15) is 6.54 Å². The molecule has 0 bridgehead atoms. The molecule has 0 aliphatic heterocycles. The number of anilines is 1. The number of hydrogen-bond acceptors (Lipinski definition) is 6. The number of urea groups is 1. The number of nitrogens with one attached hydrogen (secondary N) is 1. The SMILES string of the molecule is CCOC(=O)CN(C(=O)COC(=O)c1ccc(CNC(N)=O)cc1)c1ccccc1. The van der Waals surface area contributed by atoms with Gasteiger partial charge in [-0.15, -0.1) is 0 Å². The van der Waals surface area contributed by atoms with Gasteiger partial charge in [-0.05, 0) is 36.8 Å². The maximum Gasteiger partial charge on any atom is 0.338 e. The smallest absolute Gasteiger partial charge is 0.338 e. The molecular formula is C21H23N3O6. The number of esters is 2. The third-order valence-electron chi connectivity index (χ3n) is 3.94. The Morgan fingerprint density at radius 3 is 2.23 bits per heavy atom. The lowest BCUT2D eigenvalue weighted by atomic mass is 10.1. The number of ether oxygens (including phenoxy) is 2. The van der Waals surface area contributed by atoms with E-state index in [2.05, 4.69) is 5.32 Å². The molecule has 2 aromatic carbocycles. The Hall–Kier alpha value is -3.88. The first-order valence-electron chi connectivity index (χ1n) is 9.21. The molecule has 0 atom stereocenters. The predicted molar refractivity (Wildman–Crippen MR) is 109 cm³/mol. The van der Waals surface area contributed by atoms with E-state index in [9.17, 15) is 19.2 Å². The molecule has 0 unspecified atom stereocenters. The monoisotopic (exact) mass is 413 g/mol. The number of carbonyl (C=O) groups excluding carboxylic acids is 4. The fraction of sp³-hybridized carbons (Fsp3) is 0.238. The standard InChI is InChI=1S/C21H23N3O6/c1-2-29-19(26)13-24(17-6-4-3-5-7-17)18(25)14-30-20(27)16-10-8-15(9-11-16)12-23-21(22)28/h3-11H,2,12-14H2,1H3,(H3,22,23,28). The van der Waals surface area contributed by atoms with E-state index in [1.54, 1.807) is 49.4 Å². The van der Waals surface area contributed by atoms with Crippen molar-refractivity contribution in [1.29, 1.82) is 0 Å². The van der Waals surface area contributed by atoms with Crippen LogP contribution in [0.15, 0.2) is 54.6 Å². The summed E-state index contributed by atoms with van der Waals surface area (Å²) >= 11 is 0. The van der Waals surface area contributed by atoms with Crippen LogP contribution in [0.5, 0.6) is 0 Å². The normalized spacial score (nSPS) is 10.0. The van der Waals surface area contributed by atoms with Crippen LogP contribution in [0.2, 0.25) is 0 Å². The molecular weight excluding hydrogens is 390 g/mol. The van der Waals surface area contributed by atoms with Crippen LogP contribution in [0, 0.1) is 0 Å². The number of nitrogens with two attached hydrogens (primary N) is 1. The number of primary amides is 1. The van der Waals surface area contributed by atoms with Gasteiger partial charge in [-0.2, -0.15) is 0 Å². The number of hydrogen-bond donors (Lipinski definition) is 2. The summed E-state index contributed by atoms with van der Waals surface area (Å²) in [6, 6.07) is 14.2. The molecule has 2 rings (SSSR count). The van der Waals surface area contributed by atoms with E-state index in [1.807, 2.05) is 0 Å². The lowest BCUT2D eigenvalue weighted by Crippen LogP contribution is -2.39. The van der Waals surface area contributed by atoms with Crippen LogP contribution in [0.25, 0.3) is 0 Å². The maximum atomic E-state index is 12.6.